The Kier molecular flexibility index (Phi) is 14.8. The highest BCUT2D eigenvalue weighted by molar-refractivity contribution is 5.69. The number of rotatable bonds is 1. The summed E-state index contributed by atoms with van der Waals surface area (Å²) in [4.78, 5) is 21.1. The standard InChI is InChI=1S/C9H16O4.C5H11NO2.C4H8O/c1-7-5-8(10)6-12-4-2-3-9(11)13-7;1-5(2,3)8-4(6)7;1-4(2)3-5/h7-8,10H,2-6H2,1H3;1-3H3,(H2,6,7);5H,1,3H2,2H3. The SMILES string of the molecule is C=C(C)CO.CC(C)(C)OC(N)=O.CC1CC(O)COCCCC(=O)O1. The van der Waals surface area contributed by atoms with Gasteiger partial charge in [-0.2, -0.15) is 0 Å². The van der Waals surface area contributed by atoms with Gasteiger partial charge in [-0.25, -0.2) is 4.79 Å². The number of cyclic esters (lactones) is 1. The van der Waals surface area contributed by atoms with Crippen molar-refractivity contribution in [2.75, 3.05) is 19.8 Å². The van der Waals surface area contributed by atoms with Crippen LogP contribution in [0.15, 0.2) is 12.2 Å². The van der Waals surface area contributed by atoms with E-state index in [0.717, 1.165) is 5.57 Å². The highest BCUT2D eigenvalue weighted by atomic mass is 16.6. The number of aliphatic hydroxyl groups excluding tert-OH is 2. The third-order valence-corrected chi connectivity index (χ3v) is 2.59. The summed E-state index contributed by atoms with van der Waals surface area (Å²) >= 11 is 0. The van der Waals surface area contributed by atoms with Crippen molar-refractivity contribution in [1.29, 1.82) is 0 Å². The van der Waals surface area contributed by atoms with Crippen LogP contribution < -0.4 is 5.73 Å². The fourth-order valence-electron chi connectivity index (χ4n) is 1.62. The van der Waals surface area contributed by atoms with Crippen molar-refractivity contribution < 1.29 is 34.0 Å². The maximum atomic E-state index is 11.1. The molecule has 8 heteroatoms. The molecule has 1 amide bonds. The average Bonchev–Trinajstić information content (AvgIpc) is 2.44. The second kappa shape index (κ2) is 14.5. The van der Waals surface area contributed by atoms with Crippen LogP contribution in [0.3, 0.4) is 0 Å². The molecule has 1 saturated heterocycles. The third kappa shape index (κ3) is 22.4. The van der Waals surface area contributed by atoms with Gasteiger partial charge in [0.25, 0.3) is 0 Å². The first kappa shape index (κ1) is 26.6. The molecule has 8 nitrogen and oxygen atoms in total. The topological polar surface area (TPSA) is 128 Å². The van der Waals surface area contributed by atoms with Crippen molar-refractivity contribution in [3.05, 3.63) is 12.2 Å². The summed E-state index contributed by atoms with van der Waals surface area (Å²) in [7, 11) is 0. The van der Waals surface area contributed by atoms with Gasteiger partial charge in [0.15, 0.2) is 0 Å². The largest absolute Gasteiger partial charge is 0.463 e. The minimum absolute atomic E-state index is 0.111. The van der Waals surface area contributed by atoms with E-state index in [1.54, 1.807) is 34.6 Å². The number of carbonyl (C=O) groups excluding carboxylic acids is 2. The summed E-state index contributed by atoms with van der Waals surface area (Å²) in [5.74, 6) is -0.204. The lowest BCUT2D eigenvalue weighted by Crippen LogP contribution is -2.27. The zero-order chi connectivity index (χ0) is 20.8. The predicted octanol–water partition coefficient (Wildman–Crippen LogP) is 1.91. The smallest absolute Gasteiger partial charge is 0.405 e. The molecule has 1 aliphatic heterocycles. The molecule has 0 radical (unpaired) electrons. The van der Waals surface area contributed by atoms with Gasteiger partial charge < -0.3 is 30.2 Å². The van der Waals surface area contributed by atoms with Crippen LogP contribution in [0.2, 0.25) is 0 Å². The van der Waals surface area contributed by atoms with Crippen LogP contribution in [-0.4, -0.2) is 59.9 Å². The molecular weight excluding hydrogens is 342 g/mol. The van der Waals surface area contributed by atoms with Crippen LogP contribution in [0.25, 0.3) is 0 Å². The second-order valence-corrected chi connectivity index (χ2v) is 7.02. The van der Waals surface area contributed by atoms with E-state index in [0.29, 0.717) is 32.5 Å². The molecule has 1 aliphatic rings. The summed E-state index contributed by atoms with van der Waals surface area (Å²) in [6.45, 7) is 13.2. The number of esters is 1. The molecule has 154 valence electrons. The molecular formula is C18H35NO7. The van der Waals surface area contributed by atoms with Crippen LogP contribution in [0.4, 0.5) is 4.79 Å². The molecule has 26 heavy (non-hydrogen) atoms. The summed E-state index contributed by atoms with van der Waals surface area (Å²) in [6, 6.07) is 0. The lowest BCUT2D eigenvalue weighted by atomic mass is 10.2. The van der Waals surface area contributed by atoms with Crippen molar-refractivity contribution in [2.24, 2.45) is 5.73 Å². The van der Waals surface area contributed by atoms with Crippen LogP contribution >= 0.6 is 0 Å². The van der Waals surface area contributed by atoms with Gasteiger partial charge >= 0.3 is 12.1 Å². The quantitative estimate of drug-likeness (QED) is 0.470. The van der Waals surface area contributed by atoms with E-state index in [4.69, 9.17) is 20.3 Å². The number of hydrogen-bond donors (Lipinski definition) is 3. The second-order valence-electron chi connectivity index (χ2n) is 7.02. The third-order valence-electron chi connectivity index (χ3n) is 2.59. The highest BCUT2D eigenvalue weighted by Gasteiger charge is 2.16. The molecule has 0 bridgehead atoms. The highest BCUT2D eigenvalue weighted by Crippen LogP contribution is 2.08. The number of aliphatic hydroxyl groups is 2. The Morgan fingerprint density at radius 1 is 1.42 bits per heavy atom. The minimum Gasteiger partial charge on any atom is -0.463 e. The van der Waals surface area contributed by atoms with Gasteiger partial charge in [-0.3, -0.25) is 4.79 Å². The molecule has 1 rings (SSSR count). The van der Waals surface area contributed by atoms with Crippen molar-refractivity contribution in [1.82, 2.24) is 0 Å². The Morgan fingerprint density at radius 2 is 1.96 bits per heavy atom. The van der Waals surface area contributed by atoms with Crippen LogP contribution in [0, 0.1) is 0 Å². The van der Waals surface area contributed by atoms with E-state index in [1.165, 1.54) is 0 Å². The maximum absolute atomic E-state index is 11.1. The van der Waals surface area contributed by atoms with Gasteiger partial charge in [-0.1, -0.05) is 12.2 Å². The van der Waals surface area contributed by atoms with Crippen LogP contribution in [-0.2, 0) is 19.0 Å². The zero-order valence-electron chi connectivity index (χ0n) is 16.6. The maximum Gasteiger partial charge on any atom is 0.405 e. The van der Waals surface area contributed by atoms with Gasteiger partial charge in [0.1, 0.15) is 11.7 Å². The molecule has 0 aliphatic carbocycles. The molecule has 0 aromatic rings. The monoisotopic (exact) mass is 377 g/mol. The Labute approximate surface area is 156 Å². The molecule has 0 saturated carbocycles. The van der Waals surface area contributed by atoms with Crippen molar-refractivity contribution in [3.8, 4) is 0 Å². The predicted molar refractivity (Wildman–Crippen MR) is 98.6 cm³/mol. The van der Waals surface area contributed by atoms with Gasteiger partial charge in [-0.05, 0) is 41.0 Å². The molecule has 0 aromatic heterocycles. The van der Waals surface area contributed by atoms with Gasteiger partial charge in [-0.15, -0.1) is 0 Å². The number of ether oxygens (including phenoxy) is 3. The molecule has 1 heterocycles. The number of hydrogen-bond acceptors (Lipinski definition) is 7. The number of carbonyl (C=O) groups is 2. The summed E-state index contributed by atoms with van der Waals surface area (Å²) in [5.41, 5.74) is 5.08. The van der Waals surface area contributed by atoms with E-state index < -0.39 is 17.8 Å². The Morgan fingerprint density at radius 3 is 2.35 bits per heavy atom. The lowest BCUT2D eigenvalue weighted by molar-refractivity contribution is -0.151. The van der Waals surface area contributed by atoms with Crippen LogP contribution in [0.1, 0.15) is 53.9 Å². The number of amides is 1. The summed E-state index contributed by atoms with van der Waals surface area (Å²) in [5, 5.41) is 17.4. The van der Waals surface area contributed by atoms with E-state index in [-0.39, 0.29) is 18.7 Å². The fourth-order valence-corrected chi connectivity index (χ4v) is 1.62. The van der Waals surface area contributed by atoms with E-state index in [1.807, 2.05) is 0 Å². The molecule has 2 unspecified atom stereocenters. The van der Waals surface area contributed by atoms with Crippen molar-refractivity contribution in [2.45, 2.75) is 71.7 Å². The van der Waals surface area contributed by atoms with Crippen LogP contribution in [0.5, 0.6) is 0 Å². The average molecular weight is 377 g/mol. The van der Waals surface area contributed by atoms with E-state index in [9.17, 15) is 14.7 Å². The summed E-state index contributed by atoms with van der Waals surface area (Å²) < 4.78 is 14.8. The Bertz CT molecular complexity index is 418. The number of nitrogens with two attached hydrogens (primary N) is 1. The van der Waals surface area contributed by atoms with Crippen molar-refractivity contribution in [3.63, 3.8) is 0 Å². The van der Waals surface area contributed by atoms with E-state index in [2.05, 4.69) is 11.3 Å². The summed E-state index contributed by atoms with van der Waals surface area (Å²) in [6.07, 6.45) is 0.0485. The first-order chi connectivity index (χ1) is 11.9. The van der Waals surface area contributed by atoms with Gasteiger partial charge in [0, 0.05) is 19.4 Å². The van der Waals surface area contributed by atoms with E-state index >= 15 is 0 Å². The zero-order valence-corrected chi connectivity index (χ0v) is 16.6. The Balaban J connectivity index is 0. The normalized spacial score (nSPS) is 21.0. The van der Waals surface area contributed by atoms with Gasteiger partial charge in [0.05, 0.1) is 19.3 Å². The molecule has 4 N–H and O–H groups in total. The first-order valence-electron chi connectivity index (χ1n) is 8.56. The Hall–Kier alpha value is -1.64. The molecule has 1 fully saturated rings. The number of primary amides is 1. The van der Waals surface area contributed by atoms with Gasteiger partial charge in [0.2, 0.25) is 0 Å². The molecule has 0 aromatic carbocycles. The molecule has 2 atom stereocenters. The fraction of sp³-hybridized carbons (Fsp3) is 0.778. The lowest BCUT2D eigenvalue weighted by Gasteiger charge is -2.19. The van der Waals surface area contributed by atoms with Crippen molar-refractivity contribution >= 4 is 12.1 Å². The first-order valence-corrected chi connectivity index (χ1v) is 8.56. The minimum atomic E-state index is -0.725. The molecule has 0 spiro atoms.